The van der Waals surface area contributed by atoms with Crippen molar-refractivity contribution >= 4 is 5.91 Å². The van der Waals surface area contributed by atoms with Gasteiger partial charge < -0.3 is 5.32 Å². The molecule has 0 saturated carbocycles. The maximum absolute atomic E-state index is 11.8. The number of aryl methyl sites for hydroxylation is 2. The number of carbonyl (C=O) groups is 1. The van der Waals surface area contributed by atoms with Crippen LogP contribution in [0.1, 0.15) is 35.9 Å². The molecule has 0 aliphatic carbocycles. The molecule has 0 aliphatic rings. The minimum absolute atomic E-state index is 0.141. The molecule has 0 aliphatic heterocycles. The molecule has 0 bridgehead atoms. The van der Waals surface area contributed by atoms with Crippen molar-refractivity contribution in [1.82, 2.24) is 30.3 Å². The predicted molar refractivity (Wildman–Crippen MR) is 69.6 cm³/mol. The number of hydrogen-bond donors (Lipinski definition) is 2. The molecule has 19 heavy (non-hydrogen) atoms. The van der Waals surface area contributed by atoms with Crippen LogP contribution in [0.15, 0.2) is 18.7 Å². The van der Waals surface area contributed by atoms with Gasteiger partial charge in [-0.3, -0.25) is 14.6 Å². The van der Waals surface area contributed by atoms with E-state index in [1.807, 2.05) is 0 Å². The van der Waals surface area contributed by atoms with Gasteiger partial charge in [-0.2, -0.15) is 10.2 Å². The highest BCUT2D eigenvalue weighted by Gasteiger charge is 2.09. The summed E-state index contributed by atoms with van der Waals surface area (Å²) in [5.74, 6) is -0.141. The predicted octanol–water partition coefficient (Wildman–Crippen LogP) is 0.774. The van der Waals surface area contributed by atoms with E-state index in [4.69, 9.17) is 0 Å². The minimum Gasteiger partial charge on any atom is -0.351 e. The van der Waals surface area contributed by atoms with E-state index < -0.39 is 0 Å². The first-order chi connectivity index (χ1) is 9.29. The molecule has 2 rings (SSSR count). The number of H-pyrrole nitrogens is 1. The zero-order valence-electron chi connectivity index (χ0n) is 11.0. The van der Waals surface area contributed by atoms with E-state index in [0.29, 0.717) is 12.2 Å². The monoisotopic (exact) mass is 262 g/mol. The first-order valence-electron chi connectivity index (χ1n) is 6.44. The largest absolute Gasteiger partial charge is 0.351 e. The molecule has 2 heterocycles. The van der Waals surface area contributed by atoms with Gasteiger partial charge in [-0.15, -0.1) is 0 Å². The van der Waals surface area contributed by atoms with E-state index in [1.54, 1.807) is 17.1 Å². The van der Waals surface area contributed by atoms with Gasteiger partial charge >= 0.3 is 0 Å². The molecule has 0 aromatic carbocycles. The summed E-state index contributed by atoms with van der Waals surface area (Å²) in [5.41, 5.74) is 1.44. The zero-order valence-corrected chi connectivity index (χ0v) is 11.0. The van der Waals surface area contributed by atoms with Crippen LogP contribution < -0.4 is 5.32 Å². The van der Waals surface area contributed by atoms with Gasteiger partial charge in [0.2, 0.25) is 0 Å². The summed E-state index contributed by atoms with van der Waals surface area (Å²) in [6, 6.07) is 1.80. The number of carbonyl (C=O) groups excluding carboxylic acids is 1. The minimum atomic E-state index is -0.141. The van der Waals surface area contributed by atoms with Crippen LogP contribution >= 0.6 is 0 Å². The van der Waals surface area contributed by atoms with Crippen LogP contribution in [0.25, 0.3) is 0 Å². The fraction of sp³-hybridized carbons (Fsp3) is 0.500. The Morgan fingerprint density at radius 3 is 3.16 bits per heavy atom. The van der Waals surface area contributed by atoms with E-state index >= 15 is 0 Å². The van der Waals surface area contributed by atoms with Crippen LogP contribution in [0.3, 0.4) is 0 Å². The Morgan fingerprint density at radius 2 is 2.42 bits per heavy atom. The van der Waals surface area contributed by atoms with E-state index in [1.165, 1.54) is 6.33 Å². The van der Waals surface area contributed by atoms with Gasteiger partial charge in [0.15, 0.2) is 0 Å². The van der Waals surface area contributed by atoms with Crippen molar-refractivity contribution in [3.63, 3.8) is 0 Å². The molecule has 0 radical (unpaired) electrons. The molecular weight excluding hydrogens is 244 g/mol. The maximum Gasteiger partial charge on any atom is 0.271 e. The van der Waals surface area contributed by atoms with Crippen molar-refractivity contribution in [2.24, 2.45) is 0 Å². The number of hydrogen-bond acceptors (Lipinski definition) is 4. The number of aromatic amines is 1. The fourth-order valence-electron chi connectivity index (χ4n) is 1.76. The quantitative estimate of drug-likeness (QED) is 0.721. The lowest BCUT2D eigenvalue weighted by Crippen LogP contribution is -2.25. The lowest BCUT2D eigenvalue weighted by molar-refractivity contribution is 0.0947. The molecule has 2 aromatic heterocycles. The van der Waals surface area contributed by atoms with E-state index in [9.17, 15) is 4.79 Å². The van der Waals surface area contributed by atoms with Crippen molar-refractivity contribution in [3.8, 4) is 0 Å². The third-order valence-electron chi connectivity index (χ3n) is 2.70. The second-order valence-electron chi connectivity index (χ2n) is 4.30. The average molecular weight is 262 g/mol. The van der Waals surface area contributed by atoms with Crippen molar-refractivity contribution < 1.29 is 4.79 Å². The highest BCUT2D eigenvalue weighted by atomic mass is 16.1. The van der Waals surface area contributed by atoms with Gasteiger partial charge in [0.05, 0.1) is 0 Å². The van der Waals surface area contributed by atoms with Crippen LogP contribution in [0, 0.1) is 0 Å². The first kappa shape index (κ1) is 13.3. The maximum atomic E-state index is 11.8. The van der Waals surface area contributed by atoms with Crippen LogP contribution in [-0.4, -0.2) is 37.4 Å². The zero-order chi connectivity index (χ0) is 13.5. The lowest BCUT2D eigenvalue weighted by Gasteiger charge is -2.02. The number of nitrogens with zero attached hydrogens (tertiary/aromatic N) is 4. The summed E-state index contributed by atoms with van der Waals surface area (Å²) >= 11 is 0. The molecule has 0 unspecified atom stereocenters. The smallest absolute Gasteiger partial charge is 0.271 e. The Kier molecular flexibility index (Phi) is 4.66. The Balaban J connectivity index is 1.71. The molecular formula is C12H18N6O. The Morgan fingerprint density at radius 1 is 1.53 bits per heavy atom. The molecule has 2 aromatic rings. The molecule has 2 N–H and O–H groups in total. The van der Waals surface area contributed by atoms with Gasteiger partial charge in [-0.25, -0.2) is 4.98 Å². The van der Waals surface area contributed by atoms with Crippen molar-refractivity contribution in [1.29, 1.82) is 0 Å². The number of aromatic nitrogens is 5. The summed E-state index contributed by atoms with van der Waals surface area (Å²) in [5, 5.41) is 13.7. The summed E-state index contributed by atoms with van der Waals surface area (Å²) in [4.78, 5) is 15.6. The van der Waals surface area contributed by atoms with Gasteiger partial charge in [-0.05, 0) is 18.9 Å². The van der Waals surface area contributed by atoms with Crippen LogP contribution in [0.5, 0.6) is 0 Å². The third kappa shape index (κ3) is 3.90. The first-order valence-corrected chi connectivity index (χ1v) is 6.44. The summed E-state index contributed by atoms with van der Waals surface area (Å²) < 4.78 is 1.74. The Hall–Kier alpha value is -2.18. The Labute approximate surface area is 111 Å². The number of nitrogens with one attached hydrogen (secondary N) is 2. The molecule has 0 saturated heterocycles. The van der Waals surface area contributed by atoms with Gasteiger partial charge in [0, 0.05) is 18.8 Å². The van der Waals surface area contributed by atoms with Crippen LogP contribution in [0.4, 0.5) is 0 Å². The molecule has 0 fully saturated rings. The normalized spacial score (nSPS) is 10.6. The SMILES string of the molecule is CCCc1cc(C(=O)NCCCn2cncn2)n[nH]1. The molecule has 1 amide bonds. The third-order valence-corrected chi connectivity index (χ3v) is 2.70. The van der Waals surface area contributed by atoms with E-state index in [-0.39, 0.29) is 5.91 Å². The summed E-state index contributed by atoms with van der Waals surface area (Å²) in [6.45, 7) is 3.42. The molecule has 102 valence electrons. The van der Waals surface area contributed by atoms with Crippen molar-refractivity contribution in [3.05, 3.63) is 30.1 Å². The van der Waals surface area contributed by atoms with Crippen LogP contribution in [0.2, 0.25) is 0 Å². The average Bonchev–Trinajstić information content (AvgIpc) is 3.06. The summed E-state index contributed by atoms with van der Waals surface area (Å²) in [7, 11) is 0. The molecule has 7 heteroatoms. The Bertz CT molecular complexity index is 504. The van der Waals surface area contributed by atoms with Crippen molar-refractivity contribution in [2.75, 3.05) is 6.54 Å². The summed E-state index contributed by atoms with van der Waals surface area (Å²) in [6.07, 6.45) is 5.90. The number of rotatable bonds is 7. The van der Waals surface area contributed by atoms with Gasteiger partial charge in [0.25, 0.3) is 5.91 Å². The van der Waals surface area contributed by atoms with E-state index in [0.717, 1.165) is 31.5 Å². The molecule has 0 spiro atoms. The second kappa shape index (κ2) is 6.67. The van der Waals surface area contributed by atoms with Crippen molar-refractivity contribution in [2.45, 2.75) is 32.7 Å². The van der Waals surface area contributed by atoms with Gasteiger partial charge in [-0.1, -0.05) is 13.3 Å². The number of amides is 1. The van der Waals surface area contributed by atoms with E-state index in [2.05, 4.69) is 32.5 Å². The molecule has 0 atom stereocenters. The standard InChI is InChI=1S/C12H18N6O/c1-2-4-10-7-11(17-16-10)12(19)14-5-3-6-18-9-13-8-15-18/h7-9H,2-6H2,1H3,(H,14,19)(H,16,17). The highest BCUT2D eigenvalue weighted by Crippen LogP contribution is 2.02. The fourth-order valence-corrected chi connectivity index (χ4v) is 1.76. The van der Waals surface area contributed by atoms with Gasteiger partial charge in [0.1, 0.15) is 18.3 Å². The van der Waals surface area contributed by atoms with Crippen LogP contribution in [-0.2, 0) is 13.0 Å². The lowest BCUT2D eigenvalue weighted by atomic mass is 10.2. The topological polar surface area (TPSA) is 88.5 Å². The second-order valence-corrected chi connectivity index (χ2v) is 4.30. The molecule has 7 nitrogen and oxygen atoms in total. The highest BCUT2D eigenvalue weighted by molar-refractivity contribution is 5.92.